The van der Waals surface area contributed by atoms with Crippen LogP contribution in [0.25, 0.3) is 66.1 Å². The Bertz CT molecular complexity index is 3110. The van der Waals surface area contributed by atoms with Gasteiger partial charge in [0.05, 0.1) is 22.1 Å². The Morgan fingerprint density at radius 3 is 1.46 bits per heavy atom. The molecule has 0 bridgehead atoms. The Hall–Kier alpha value is -7.20. The van der Waals surface area contributed by atoms with E-state index in [1.54, 1.807) is 0 Å². The van der Waals surface area contributed by atoms with Crippen molar-refractivity contribution >= 4 is 72.4 Å². The molecular weight excluding hydrogens is 705 g/mol. The van der Waals surface area contributed by atoms with Gasteiger partial charge in [-0.3, -0.25) is 0 Å². The molecule has 268 valence electrons. The first-order chi connectivity index (χ1) is 28.3. The van der Waals surface area contributed by atoms with Crippen LogP contribution < -0.4 is 20.7 Å². The van der Waals surface area contributed by atoms with Gasteiger partial charge in [-0.25, -0.2) is 0 Å². The Balaban J connectivity index is 1.22. The van der Waals surface area contributed by atoms with Crippen molar-refractivity contribution in [2.45, 2.75) is 0 Å². The fraction of sp³-hybridized carbons (Fsp3) is 0. The Morgan fingerprint density at radius 2 is 0.807 bits per heavy atom. The molecule has 0 aliphatic carbocycles. The zero-order valence-electron chi connectivity index (χ0n) is 31.3. The summed E-state index contributed by atoms with van der Waals surface area (Å²) in [4.78, 5) is 0. The van der Waals surface area contributed by atoms with Gasteiger partial charge in [0.15, 0.2) is 8.07 Å². The molecule has 0 aliphatic heterocycles. The highest BCUT2D eigenvalue weighted by molar-refractivity contribution is 7.20. The zero-order chi connectivity index (χ0) is 37.8. The topological polar surface area (TPSA) is 9.86 Å². The van der Waals surface area contributed by atoms with Gasteiger partial charge in [-0.1, -0.05) is 188 Å². The highest BCUT2D eigenvalue weighted by Gasteiger charge is 2.41. The first-order valence-electron chi connectivity index (χ1n) is 19.7. The van der Waals surface area contributed by atoms with Gasteiger partial charge in [0.1, 0.15) is 0 Å². The molecule has 2 heterocycles. The molecule has 11 aromatic rings. The number of fused-ring (bicyclic) bond motifs is 6. The van der Waals surface area contributed by atoms with Crippen molar-refractivity contribution in [1.82, 2.24) is 9.13 Å². The lowest BCUT2D eigenvalue weighted by atomic mass is 10.0. The molecule has 0 amide bonds. The normalized spacial score (nSPS) is 11.9. The van der Waals surface area contributed by atoms with Gasteiger partial charge in [0, 0.05) is 38.5 Å². The molecule has 0 unspecified atom stereocenters. The molecule has 0 radical (unpaired) electrons. The van der Waals surface area contributed by atoms with Crippen LogP contribution in [0.1, 0.15) is 0 Å². The molecule has 57 heavy (non-hydrogen) atoms. The average molecular weight is 743 g/mol. The number of aromatic nitrogens is 2. The maximum absolute atomic E-state index is 2.76. The SMILES string of the molecule is c1ccc(-c2cccc3c4cc(-n5c6ccccc6c6ccc([Si](c7ccccc7)(c7ccccc7)c7ccccc7)cc65)ccc4n(-c4ccccc4)c23)cc1. The number of nitrogens with zero attached hydrogens (tertiary/aromatic N) is 2. The monoisotopic (exact) mass is 742 g/mol. The van der Waals surface area contributed by atoms with Gasteiger partial charge < -0.3 is 9.13 Å². The molecular formula is C54H38N2Si. The number of rotatable bonds is 7. The summed E-state index contributed by atoms with van der Waals surface area (Å²) in [5.41, 5.74) is 9.55. The number of benzene rings is 9. The smallest absolute Gasteiger partial charge is 0.179 e. The van der Waals surface area contributed by atoms with Crippen molar-refractivity contribution in [3.63, 3.8) is 0 Å². The van der Waals surface area contributed by atoms with E-state index in [1.807, 2.05) is 0 Å². The Labute approximate surface area is 333 Å². The molecule has 11 rings (SSSR count). The molecule has 9 aromatic carbocycles. The molecule has 3 heteroatoms. The molecule has 0 fully saturated rings. The average Bonchev–Trinajstić information content (AvgIpc) is 3.81. The van der Waals surface area contributed by atoms with Crippen molar-refractivity contribution in [3.8, 4) is 22.5 Å². The summed E-state index contributed by atoms with van der Waals surface area (Å²) in [7, 11) is -2.76. The zero-order valence-corrected chi connectivity index (χ0v) is 32.3. The van der Waals surface area contributed by atoms with E-state index in [-0.39, 0.29) is 0 Å². The second-order valence-electron chi connectivity index (χ2n) is 14.9. The van der Waals surface area contributed by atoms with Crippen LogP contribution in [0.4, 0.5) is 0 Å². The quantitative estimate of drug-likeness (QED) is 0.114. The van der Waals surface area contributed by atoms with Crippen molar-refractivity contribution in [1.29, 1.82) is 0 Å². The van der Waals surface area contributed by atoms with Crippen LogP contribution in [-0.2, 0) is 0 Å². The van der Waals surface area contributed by atoms with Gasteiger partial charge in [0.25, 0.3) is 0 Å². The number of hydrogen-bond acceptors (Lipinski definition) is 0. The van der Waals surface area contributed by atoms with Crippen LogP contribution in [0, 0.1) is 0 Å². The summed E-state index contributed by atoms with van der Waals surface area (Å²) in [6, 6.07) is 85.2. The summed E-state index contributed by atoms with van der Waals surface area (Å²) in [5.74, 6) is 0. The number of hydrogen-bond donors (Lipinski definition) is 0. The van der Waals surface area contributed by atoms with E-state index >= 15 is 0 Å². The second kappa shape index (κ2) is 13.5. The van der Waals surface area contributed by atoms with Crippen LogP contribution in [-0.4, -0.2) is 17.2 Å². The predicted molar refractivity (Wildman–Crippen MR) is 244 cm³/mol. The third-order valence-electron chi connectivity index (χ3n) is 11.9. The minimum absolute atomic E-state index is 1.15. The lowest BCUT2D eigenvalue weighted by Crippen LogP contribution is -2.74. The molecule has 0 spiro atoms. The lowest BCUT2D eigenvalue weighted by Gasteiger charge is -2.34. The van der Waals surface area contributed by atoms with Crippen LogP contribution >= 0.6 is 0 Å². The van der Waals surface area contributed by atoms with Gasteiger partial charge in [-0.05, 0) is 68.8 Å². The Morgan fingerprint density at radius 1 is 0.281 bits per heavy atom. The van der Waals surface area contributed by atoms with E-state index < -0.39 is 8.07 Å². The Kier molecular flexibility index (Phi) is 7.87. The predicted octanol–water partition coefficient (Wildman–Crippen LogP) is 10.9. The first-order valence-corrected chi connectivity index (χ1v) is 21.7. The molecule has 0 saturated heterocycles. The second-order valence-corrected chi connectivity index (χ2v) is 18.7. The van der Waals surface area contributed by atoms with Crippen LogP contribution in [0.2, 0.25) is 0 Å². The van der Waals surface area contributed by atoms with Crippen molar-refractivity contribution < 1.29 is 0 Å². The van der Waals surface area contributed by atoms with Crippen molar-refractivity contribution in [2.24, 2.45) is 0 Å². The van der Waals surface area contributed by atoms with E-state index in [2.05, 4.69) is 240 Å². The van der Waals surface area contributed by atoms with Gasteiger partial charge >= 0.3 is 0 Å². The van der Waals surface area contributed by atoms with E-state index in [0.717, 1.165) is 11.4 Å². The summed E-state index contributed by atoms with van der Waals surface area (Å²) in [6.45, 7) is 0. The highest BCUT2D eigenvalue weighted by atomic mass is 28.3. The van der Waals surface area contributed by atoms with Crippen LogP contribution in [0.5, 0.6) is 0 Å². The molecule has 0 saturated carbocycles. The minimum Gasteiger partial charge on any atom is -0.309 e. The van der Waals surface area contributed by atoms with E-state index in [9.17, 15) is 0 Å². The molecule has 2 nitrogen and oxygen atoms in total. The fourth-order valence-corrected chi connectivity index (χ4v) is 14.2. The van der Waals surface area contributed by atoms with Crippen LogP contribution in [0.3, 0.4) is 0 Å². The standard InChI is InChI=1S/C54H38N2Si/c1-6-19-39(20-7-1)46-30-18-31-49-50-37-41(33-36-52(50)56(54(46)49)40-21-8-2-9-22-40)55-51-32-17-16-29-47(51)48-35-34-45(38-53(48)55)57(42-23-10-3-11-24-42,43-25-12-4-13-26-43)44-27-14-5-15-28-44/h1-38H. The number of para-hydroxylation sites is 3. The molecule has 2 aromatic heterocycles. The lowest BCUT2D eigenvalue weighted by molar-refractivity contribution is 1.17. The van der Waals surface area contributed by atoms with Crippen molar-refractivity contribution in [2.75, 3.05) is 0 Å². The van der Waals surface area contributed by atoms with E-state index in [1.165, 1.54) is 75.5 Å². The summed E-state index contributed by atoms with van der Waals surface area (Å²) < 4.78 is 4.95. The van der Waals surface area contributed by atoms with E-state index in [4.69, 9.17) is 0 Å². The molecule has 0 aliphatic rings. The van der Waals surface area contributed by atoms with E-state index in [0.29, 0.717) is 0 Å². The summed E-state index contributed by atoms with van der Waals surface area (Å²) in [6.07, 6.45) is 0. The largest absolute Gasteiger partial charge is 0.309 e. The fourth-order valence-electron chi connectivity index (χ4n) is 9.44. The van der Waals surface area contributed by atoms with Crippen molar-refractivity contribution in [3.05, 3.63) is 231 Å². The minimum atomic E-state index is -2.76. The molecule has 0 atom stereocenters. The third kappa shape index (κ3) is 5.17. The van der Waals surface area contributed by atoms with Gasteiger partial charge in [-0.2, -0.15) is 0 Å². The summed E-state index contributed by atoms with van der Waals surface area (Å²) in [5, 5.41) is 10.4. The van der Waals surface area contributed by atoms with Crippen LogP contribution in [0.15, 0.2) is 231 Å². The van der Waals surface area contributed by atoms with Gasteiger partial charge in [-0.15, -0.1) is 0 Å². The first kappa shape index (κ1) is 33.2. The maximum Gasteiger partial charge on any atom is 0.179 e. The third-order valence-corrected chi connectivity index (χ3v) is 16.6. The maximum atomic E-state index is 2.51. The molecule has 0 N–H and O–H groups in total. The van der Waals surface area contributed by atoms with Gasteiger partial charge in [0.2, 0.25) is 0 Å². The summed E-state index contributed by atoms with van der Waals surface area (Å²) >= 11 is 0. The highest BCUT2D eigenvalue weighted by Crippen LogP contribution is 2.40.